The zero-order valence-electron chi connectivity index (χ0n) is 12.0. The number of Topliss-reactive ketones (excluding diaryl/α,β-unsaturated/α-hetero) is 1. The zero-order valence-corrected chi connectivity index (χ0v) is 12.0. The molecule has 0 amide bonds. The Morgan fingerprint density at radius 3 is 2.62 bits per heavy atom. The summed E-state index contributed by atoms with van der Waals surface area (Å²) in [5.74, 6) is 0.0455. The van der Waals surface area contributed by atoms with Crippen LogP contribution in [0.15, 0.2) is 45.9 Å². The normalized spacial score (nSPS) is 19.2. The van der Waals surface area contributed by atoms with Crippen molar-refractivity contribution in [2.75, 3.05) is 13.2 Å². The maximum Gasteiger partial charge on any atom is 0.164 e. The van der Waals surface area contributed by atoms with Crippen LogP contribution < -0.4 is 5.73 Å². The van der Waals surface area contributed by atoms with Crippen molar-refractivity contribution in [2.24, 2.45) is 15.7 Å². The molecule has 110 valence electrons. The van der Waals surface area contributed by atoms with Gasteiger partial charge in [0, 0.05) is 6.54 Å². The molecule has 0 bridgehead atoms. The maximum atomic E-state index is 11.8. The zero-order chi connectivity index (χ0) is 15.2. The van der Waals surface area contributed by atoms with Crippen LogP contribution in [0.4, 0.5) is 5.69 Å². The number of rotatable bonds is 4. The molecule has 1 aliphatic carbocycles. The first kappa shape index (κ1) is 15.3. The molecule has 5 nitrogen and oxygen atoms in total. The Morgan fingerprint density at radius 2 is 2.00 bits per heavy atom. The lowest BCUT2D eigenvalue weighted by Gasteiger charge is -2.13. The molecule has 1 aromatic carbocycles. The highest BCUT2D eigenvalue weighted by Gasteiger charge is 2.20. The van der Waals surface area contributed by atoms with Gasteiger partial charge in [-0.25, -0.2) is 4.99 Å². The predicted molar refractivity (Wildman–Crippen MR) is 84.2 cm³/mol. The summed E-state index contributed by atoms with van der Waals surface area (Å²) >= 11 is 0. The molecule has 0 unspecified atom stereocenters. The third-order valence-corrected chi connectivity index (χ3v) is 3.24. The first-order valence-corrected chi connectivity index (χ1v) is 6.88. The van der Waals surface area contributed by atoms with Gasteiger partial charge in [-0.1, -0.05) is 12.1 Å². The average molecular weight is 285 g/mol. The minimum Gasteiger partial charge on any atom is -0.394 e. The van der Waals surface area contributed by atoms with Crippen molar-refractivity contribution in [1.82, 2.24) is 0 Å². The number of hydrogen-bond donors (Lipinski definition) is 2. The van der Waals surface area contributed by atoms with Crippen LogP contribution in [-0.4, -0.2) is 35.5 Å². The van der Waals surface area contributed by atoms with Gasteiger partial charge in [-0.3, -0.25) is 9.79 Å². The second-order valence-corrected chi connectivity index (χ2v) is 4.85. The van der Waals surface area contributed by atoms with Crippen molar-refractivity contribution in [3.8, 4) is 0 Å². The van der Waals surface area contributed by atoms with Crippen LogP contribution in [-0.2, 0) is 11.3 Å². The standard InChI is InChI=1S/C16H19N3O2/c1-11-8-15(14(9-16(11)21)18-6-7-20)19-13-4-2-12(10-17)3-5-13/h2-5,8,20H,6-7,9-10,17H2,1H3. The van der Waals surface area contributed by atoms with E-state index in [0.717, 1.165) is 11.3 Å². The summed E-state index contributed by atoms with van der Waals surface area (Å²) < 4.78 is 0. The van der Waals surface area contributed by atoms with E-state index < -0.39 is 0 Å². The lowest BCUT2D eigenvalue weighted by Crippen LogP contribution is -2.24. The molecule has 5 heteroatoms. The molecule has 0 spiro atoms. The van der Waals surface area contributed by atoms with Crippen molar-refractivity contribution in [3.05, 3.63) is 41.5 Å². The highest BCUT2D eigenvalue weighted by Crippen LogP contribution is 2.17. The lowest BCUT2D eigenvalue weighted by molar-refractivity contribution is -0.114. The highest BCUT2D eigenvalue weighted by molar-refractivity contribution is 6.52. The molecule has 0 aromatic heterocycles. The van der Waals surface area contributed by atoms with Crippen LogP contribution in [0.2, 0.25) is 0 Å². The molecular formula is C16H19N3O2. The Morgan fingerprint density at radius 1 is 1.29 bits per heavy atom. The van der Waals surface area contributed by atoms with Crippen molar-refractivity contribution in [3.63, 3.8) is 0 Å². The molecule has 1 aromatic rings. The van der Waals surface area contributed by atoms with Crippen LogP contribution >= 0.6 is 0 Å². The van der Waals surface area contributed by atoms with Gasteiger partial charge in [0.25, 0.3) is 0 Å². The van der Waals surface area contributed by atoms with Gasteiger partial charge in [0.2, 0.25) is 0 Å². The van der Waals surface area contributed by atoms with E-state index in [0.29, 0.717) is 23.5 Å². The number of aliphatic imine (C=N–C) groups is 2. The fourth-order valence-electron chi connectivity index (χ4n) is 2.02. The van der Waals surface area contributed by atoms with Crippen LogP contribution in [0, 0.1) is 0 Å². The fraction of sp³-hybridized carbons (Fsp3) is 0.312. The Balaban J connectivity index is 2.35. The second-order valence-electron chi connectivity index (χ2n) is 4.85. The molecule has 0 saturated heterocycles. The molecule has 21 heavy (non-hydrogen) atoms. The van der Waals surface area contributed by atoms with Crippen LogP contribution in [0.1, 0.15) is 18.9 Å². The molecular weight excluding hydrogens is 266 g/mol. The van der Waals surface area contributed by atoms with Gasteiger partial charge in [0.15, 0.2) is 5.78 Å². The number of carbonyl (C=O) groups is 1. The molecule has 3 N–H and O–H groups in total. The summed E-state index contributed by atoms with van der Waals surface area (Å²) in [4.78, 5) is 20.6. The third-order valence-electron chi connectivity index (χ3n) is 3.24. The van der Waals surface area contributed by atoms with Gasteiger partial charge in [-0.15, -0.1) is 0 Å². The SMILES string of the molecule is CC1=CC(=Nc2ccc(CN)cc2)C(=NCCO)CC1=O. The number of hydrogen-bond acceptors (Lipinski definition) is 5. The number of carbonyl (C=O) groups excluding carboxylic acids is 1. The van der Waals surface area contributed by atoms with Crippen molar-refractivity contribution in [2.45, 2.75) is 19.9 Å². The quantitative estimate of drug-likeness (QED) is 0.880. The summed E-state index contributed by atoms with van der Waals surface area (Å²) in [5.41, 5.74) is 9.38. The van der Waals surface area contributed by atoms with Gasteiger partial charge >= 0.3 is 0 Å². The predicted octanol–water partition coefficient (Wildman–Crippen LogP) is 1.57. The minimum absolute atomic E-state index is 0.0428. The van der Waals surface area contributed by atoms with E-state index in [1.165, 1.54) is 0 Å². The van der Waals surface area contributed by atoms with Gasteiger partial charge in [-0.05, 0) is 36.3 Å². The number of nitrogens with two attached hydrogens (primary N) is 1. The van der Waals surface area contributed by atoms with Gasteiger partial charge in [0.05, 0.1) is 36.7 Å². The van der Waals surface area contributed by atoms with E-state index in [2.05, 4.69) is 9.98 Å². The molecule has 2 rings (SSSR count). The van der Waals surface area contributed by atoms with Crippen LogP contribution in [0.25, 0.3) is 0 Å². The third kappa shape index (κ3) is 3.93. The molecule has 0 fully saturated rings. The average Bonchev–Trinajstić information content (AvgIpc) is 2.50. The summed E-state index contributed by atoms with van der Waals surface area (Å²) in [6.07, 6.45) is 1.99. The largest absolute Gasteiger partial charge is 0.394 e. The second kappa shape index (κ2) is 7.06. The van der Waals surface area contributed by atoms with Gasteiger partial charge in [-0.2, -0.15) is 0 Å². The van der Waals surface area contributed by atoms with E-state index in [9.17, 15) is 4.79 Å². The molecule has 1 aliphatic rings. The van der Waals surface area contributed by atoms with E-state index in [4.69, 9.17) is 10.8 Å². The van der Waals surface area contributed by atoms with Gasteiger partial charge < -0.3 is 10.8 Å². The summed E-state index contributed by atoms with van der Waals surface area (Å²) in [5, 5.41) is 8.89. The number of allylic oxidation sites excluding steroid dienone is 2. The summed E-state index contributed by atoms with van der Waals surface area (Å²) in [6.45, 7) is 2.51. The molecule has 0 radical (unpaired) electrons. The van der Waals surface area contributed by atoms with Crippen molar-refractivity contribution < 1.29 is 9.90 Å². The number of aliphatic hydroxyl groups excluding tert-OH is 1. The van der Waals surface area contributed by atoms with E-state index >= 15 is 0 Å². The minimum atomic E-state index is -0.0428. The van der Waals surface area contributed by atoms with E-state index in [-0.39, 0.29) is 25.4 Å². The molecule has 0 atom stereocenters. The highest BCUT2D eigenvalue weighted by atomic mass is 16.3. The Labute approximate surface area is 123 Å². The summed E-state index contributed by atoms with van der Waals surface area (Å²) in [6, 6.07) is 7.62. The van der Waals surface area contributed by atoms with E-state index in [1.54, 1.807) is 13.0 Å². The Kier molecular flexibility index (Phi) is 5.14. The number of benzene rings is 1. The van der Waals surface area contributed by atoms with Crippen molar-refractivity contribution in [1.29, 1.82) is 0 Å². The first-order valence-electron chi connectivity index (χ1n) is 6.88. The van der Waals surface area contributed by atoms with E-state index in [1.807, 2.05) is 24.3 Å². The fourth-order valence-corrected chi connectivity index (χ4v) is 2.02. The van der Waals surface area contributed by atoms with Crippen molar-refractivity contribution >= 4 is 22.9 Å². The molecule has 0 aliphatic heterocycles. The number of nitrogens with zero attached hydrogens (tertiary/aromatic N) is 2. The Hall–Kier alpha value is -2.11. The maximum absolute atomic E-state index is 11.8. The topological polar surface area (TPSA) is 88.0 Å². The smallest absolute Gasteiger partial charge is 0.164 e. The monoisotopic (exact) mass is 285 g/mol. The van der Waals surface area contributed by atoms with Gasteiger partial charge in [0.1, 0.15) is 0 Å². The molecule has 0 heterocycles. The first-order chi connectivity index (χ1) is 10.1. The Bertz CT molecular complexity index is 613. The summed E-state index contributed by atoms with van der Waals surface area (Å²) in [7, 11) is 0. The lowest BCUT2D eigenvalue weighted by atomic mass is 9.95. The van der Waals surface area contributed by atoms with Crippen LogP contribution in [0.5, 0.6) is 0 Å². The number of ketones is 1. The van der Waals surface area contributed by atoms with Crippen LogP contribution in [0.3, 0.4) is 0 Å². The number of aliphatic hydroxyl groups is 1. The molecule has 0 saturated carbocycles.